The Hall–Kier alpha value is -2.88. The summed E-state index contributed by atoms with van der Waals surface area (Å²) in [6.07, 6.45) is 9.06. The number of aromatic nitrogens is 2. The average molecular weight is 345 g/mol. The second-order valence-corrected chi connectivity index (χ2v) is 7.01. The molecule has 0 aliphatic heterocycles. The summed E-state index contributed by atoms with van der Waals surface area (Å²) >= 11 is 0. The first-order chi connectivity index (χ1) is 12.7. The van der Waals surface area contributed by atoms with E-state index >= 15 is 0 Å². The number of carbonyl (C=O) groups is 1. The summed E-state index contributed by atoms with van der Waals surface area (Å²) in [6, 6.07) is 14.4. The van der Waals surface area contributed by atoms with Crippen molar-refractivity contribution >= 4 is 5.91 Å². The second kappa shape index (κ2) is 7.16. The molecule has 0 bridgehead atoms. The number of benzene rings is 2. The van der Waals surface area contributed by atoms with Crippen LogP contribution in [0, 0.1) is 0 Å². The predicted molar refractivity (Wildman–Crippen MR) is 102 cm³/mol. The zero-order chi connectivity index (χ0) is 17.9. The molecule has 4 nitrogen and oxygen atoms in total. The molecule has 0 saturated heterocycles. The molecule has 132 valence electrons. The van der Waals surface area contributed by atoms with Gasteiger partial charge in [0.1, 0.15) is 0 Å². The number of fused-ring (bicyclic) bond motifs is 1. The highest BCUT2D eigenvalue weighted by molar-refractivity contribution is 5.94. The van der Waals surface area contributed by atoms with Crippen LogP contribution in [-0.2, 0) is 19.4 Å². The minimum atomic E-state index is -0.0350. The molecule has 0 saturated carbocycles. The number of aryl methyl sites for hydroxylation is 2. The van der Waals surface area contributed by atoms with Gasteiger partial charge >= 0.3 is 0 Å². The van der Waals surface area contributed by atoms with E-state index in [0.717, 1.165) is 18.5 Å². The highest BCUT2D eigenvalue weighted by Gasteiger charge is 2.15. The van der Waals surface area contributed by atoms with Crippen LogP contribution in [0.2, 0.25) is 0 Å². The standard InChI is InChI=1S/C22H23N3O/c1-16(20-10-9-18-3-2-4-21(18)13-20)24-22(26)19-7-5-17(6-8-19)14-25-12-11-23-15-25/h5-13,15-16H,2-4,14H2,1H3,(H,24,26). The number of hydrogen-bond acceptors (Lipinski definition) is 2. The van der Waals surface area contributed by atoms with Crippen LogP contribution in [0.25, 0.3) is 0 Å². The summed E-state index contributed by atoms with van der Waals surface area (Å²) in [5.41, 5.74) is 5.91. The van der Waals surface area contributed by atoms with E-state index in [9.17, 15) is 4.79 Å². The highest BCUT2D eigenvalue weighted by atomic mass is 16.1. The van der Waals surface area contributed by atoms with E-state index in [-0.39, 0.29) is 11.9 Å². The number of imidazole rings is 1. The van der Waals surface area contributed by atoms with Crippen LogP contribution in [0.1, 0.15) is 52.0 Å². The summed E-state index contributed by atoms with van der Waals surface area (Å²) in [5.74, 6) is -0.0350. The molecular formula is C22H23N3O. The van der Waals surface area contributed by atoms with Crippen LogP contribution < -0.4 is 5.32 Å². The van der Waals surface area contributed by atoms with Gasteiger partial charge in [-0.05, 0) is 60.6 Å². The fourth-order valence-corrected chi connectivity index (χ4v) is 3.58. The Morgan fingerprint density at radius 3 is 2.73 bits per heavy atom. The summed E-state index contributed by atoms with van der Waals surface area (Å²) in [7, 11) is 0. The molecule has 0 radical (unpaired) electrons. The van der Waals surface area contributed by atoms with Crippen molar-refractivity contribution < 1.29 is 4.79 Å². The van der Waals surface area contributed by atoms with Crippen molar-refractivity contribution in [2.24, 2.45) is 0 Å². The monoisotopic (exact) mass is 345 g/mol. The van der Waals surface area contributed by atoms with E-state index < -0.39 is 0 Å². The molecule has 0 spiro atoms. The lowest BCUT2D eigenvalue weighted by molar-refractivity contribution is 0.0940. The molecule has 0 fully saturated rings. The first kappa shape index (κ1) is 16.6. The van der Waals surface area contributed by atoms with Crippen LogP contribution in [-0.4, -0.2) is 15.5 Å². The van der Waals surface area contributed by atoms with E-state index in [1.54, 1.807) is 12.5 Å². The van der Waals surface area contributed by atoms with Crippen LogP contribution in [0.3, 0.4) is 0 Å². The fraction of sp³-hybridized carbons (Fsp3) is 0.273. The van der Waals surface area contributed by atoms with Crippen molar-refractivity contribution in [3.05, 3.63) is 89.0 Å². The number of hydrogen-bond donors (Lipinski definition) is 1. The van der Waals surface area contributed by atoms with Gasteiger partial charge in [-0.2, -0.15) is 0 Å². The Morgan fingerprint density at radius 1 is 1.15 bits per heavy atom. The zero-order valence-corrected chi connectivity index (χ0v) is 15.0. The first-order valence-electron chi connectivity index (χ1n) is 9.16. The third kappa shape index (κ3) is 3.54. The van der Waals surface area contributed by atoms with Crippen molar-refractivity contribution in [2.45, 2.75) is 38.8 Å². The van der Waals surface area contributed by atoms with Crippen molar-refractivity contribution in [3.8, 4) is 0 Å². The van der Waals surface area contributed by atoms with Gasteiger partial charge in [-0.1, -0.05) is 30.3 Å². The second-order valence-electron chi connectivity index (χ2n) is 7.01. The zero-order valence-electron chi connectivity index (χ0n) is 15.0. The highest BCUT2D eigenvalue weighted by Crippen LogP contribution is 2.25. The number of nitrogens with one attached hydrogen (secondary N) is 1. The number of rotatable bonds is 5. The Balaban J connectivity index is 1.41. The summed E-state index contributed by atoms with van der Waals surface area (Å²) in [5, 5.41) is 3.11. The van der Waals surface area contributed by atoms with Gasteiger partial charge in [0.25, 0.3) is 5.91 Å². The van der Waals surface area contributed by atoms with Crippen molar-refractivity contribution in [2.75, 3.05) is 0 Å². The van der Waals surface area contributed by atoms with Gasteiger partial charge < -0.3 is 9.88 Å². The van der Waals surface area contributed by atoms with Gasteiger partial charge in [-0.25, -0.2) is 4.98 Å². The molecule has 1 aliphatic rings. The lowest BCUT2D eigenvalue weighted by Gasteiger charge is -2.16. The molecule has 2 aromatic carbocycles. The van der Waals surface area contributed by atoms with Gasteiger partial charge in [0.15, 0.2) is 0 Å². The Morgan fingerprint density at radius 2 is 1.96 bits per heavy atom. The van der Waals surface area contributed by atoms with Crippen molar-refractivity contribution in [3.63, 3.8) is 0 Å². The quantitative estimate of drug-likeness (QED) is 0.762. The summed E-state index contributed by atoms with van der Waals surface area (Å²) < 4.78 is 2.00. The van der Waals surface area contributed by atoms with E-state index in [1.807, 2.05) is 42.0 Å². The molecule has 26 heavy (non-hydrogen) atoms. The van der Waals surface area contributed by atoms with E-state index in [4.69, 9.17) is 0 Å². The summed E-state index contributed by atoms with van der Waals surface area (Å²) in [6.45, 7) is 2.80. The van der Waals surface area contributed by atoms with E-state index in [0.29, 0.717) is 5.56 Å². The van der Waals surface area contributed by atoms with Crippen LogP contribution >= 0.6 is 0 Å². The number of carbonyl (C=O) groups excluding carboxylic acids is 1. The maximum atomic E-state index is 12.6. The topological polar surface area (TPSA) is 46.9 Å². The molecule has 4 rings (SSSR count). The van der Waals surface area contributed by atoms with Crippen molar-refractivity contribution in [1.29, 1.82) is 0 Å². The van der Waals surface area contributed by atoms with Crippen LogP contribution in [0.4, 0.5) is 0 Å². The third-order valence-corrected chi connectivity index (χ3v) is 5.11. The Labute approximate surface area is 153 Å². The van der Waals surface area contributed by atoms with Crippen LogP contribution in [0.5, 0.6) is 0 Å². The molecule has 1 N–H and O–H groups in total. The SMILES string of the molecule is CC(NC(=O)c1ccc(Cn2ccnc2)cc1)c1ccc2c(c1)CCC2. The van der Waals surface area contributed by atoms with E-state index in [2.05, 4.69) is 28.5 Å². The minimum Gasteiger partial charge on any atom is -0.346 e. The molecular weight excluding hydrogens is 322 g/mol. The van der Waals surface area contributed by atoms with Crippen molar-refractivity contribution in [1.82, 2.24) is 14.9 Å². The first-order valence-corrected chi connectivity index (χ1v) is 9.16. The fourth-order valence-electron chi connectivity index (χ4n) is 3.58. The maximum absolute atomic E-state index is 12.6. The normalized spacial score (nSPS) is 14.0. The maximum Gasteiger partial charge on any atom is 0.251 e. The minimum absolute atomic E-state index is 0.000903. The van der Waals surface area contributed by atoms with Gasteiger partial charge in [0.05, 0.1) is 12.4 Å². The van der Waals surface area contributed by atoms with Gasteiger partial charge in [-0.15, -0.1) is 0 Å². The molecule has 1 aromatic heterocycles. The number of amides is 1. The smallest absolute Gasteiger partial charge is 0.251 e. The van der Waals surface area contributed by atoms with Gasteiger partial charge in [-0.3, -0.25) is 4.79 Å². The predicted octanol–water partition coefficient (Wildman–Crippen LogP) is 3.91. The molecule has 1 amide bonds. The van der Waals surface area contributed by atoms with Gasteiger partial charge in [0.2, 0.25) is 0 Å². The molecule has 1 atom stereocenters. The molecule has 1 unspecified atom stereocenters. The van der Waals surface area contributed by atoms with Gasteiger partial charge in [0, 0.05) is 24.5 Å². The Bertz CT molecular complexity index is 898. The Kier molecular flexibility index (Phi) is 4.57. The van der Waals surface area contributed by atoms with Crippen LogP contribution in [0.15, 0.2) is 61.2 Å². The average Bonchev–Trinajstić information content (AvgIpc) is 3.33. The molecule has 3 aromatic rings. The summed E-state index contributed by atoms with van der Waals surface area (Å²) in [4.78, 5) is 16.6. The van der Waals surface area contributed by atoms with E-state index in [1.165, 1.54) is 29.5 Å². The third-order valence-electron chi connectivity index (χ3n) is 5.11. The molecule has 4 heteroatoms. The lowest BCUT2D eigenvalue weighted by Crippen LogP contribution is -2.26. The molecule has 1 heterocycles. The largest absolute Gasteiger partial charge is 0.346 e. The molecule has 1 aliphatic carbocycles. The lowest BCUT2D eigenvalue weighted by atomic mass is 10.0. The number of nitrogens with zero attached hydrogens (tertiary/aromatic N) is 2.